The fourth-order valence-electron chi connectivity index (χ4n) is 2.00. The Morgan fingerprint density at radius 3 is 2.33 bits per heavy atom. The van der Waals surface area contributed by atoms with E-state index in [9.17, 15) is 18.4 Å². The maximum atomic E-state index is 13.6. The standard InChI is InChI=1S/C16H15F2IN2O2S/c1-8(2)14(21-15(22)12-4-3-5-24-12)16(23)20-9-6-10(17)13(19)11(18)7-9/h3-8,14H,1-2H3,(H,20,23)(H,21,22). The van der Waals surface area contributed by atoms with Crippen LogP contribution >= 0.6 is 33.9 Å². The molecule has 1 heterocycles. The van der Waals surface area contributed by atoms with Crippen LogP contribution in [0, 0.1) is 21.1 Å². The average molecular weight is 464 g/mol. The van der Waals surface area contributed by atoms with Crippen molar-refractivity contribution in [3.63, 3.8) is 0 Å². The van der Waals surface area contributed by atoms with Crippen LogP contribution in [-0.4, -0.2) is 17.9 Å². The number of amides is 2. The van der Waals surface area contributed by atoms with E-state index < -0.39 is 23.6 Å². The highest BCUT2D eigenvalue weighted by Crippen LogP contribution is 2.21. The number of carbonyl (C=O) groups is 2. The van der Waals surface area contributed by atoms with Crippen molar-refractivity contribution in [2.45, 2.75) is 19.9 Å². The third kappa shape index (κ3) is 4.50. The molecule has 0 radical (unpaired) electrons. The Balaban J connectivity index is 2.13. The molecule has 1 aromatic heterocycles. The summed E-state index contributed by atoms with van der Waals surface area (Å²) in [6.45, 7) is 3.54. The molecule has 1 atom stereocenters. The number of nitrogens with one attached hydrogen (secondary N) is 2. The number of benzene rings is 1. The van der Waals surface area contributed by atoms with Gasteiger partial charge < -0.3 is 10.6 Å². The van der Waals surface area contributed by atoms with E-state index in [0.717, 1.165) is 12.1 Å². The van der Waals surface area contributed by atoms with E-state index in [4.69, 9.17) is 0 Å². The first kappa shape index (κ1) is 18.8. The fourth-order valence-corrected chi connectivity index (χ4v) is 2.94. The molecule has 2 amide bonds. The van der Waals surface area contributed by atoms with E-state index in [1.165, 1.54) is 11.3 Å². The Hall–Kier alpha value is -1.55. The van der Waals surface area contributed by atoms with Crippen molar-refractivity contribution in [1.29, 1.82) is 0 Å². The van der Waals surface area contributed by atoms with E-state index in [1.54, 1.807) is 54.0 Å². The smallest absolute Gasteiger partial charge is 0.262 e. The van der Waals surface area contributed by atoms with Crippen molar-refractivity contribution < 1.29 is 18.4 Å². The van der Waals surface area contributed by atoms with Gasteiger partial charge in [0, 0.05) is 5.69 Å². The SMILES string of the molecule is CC(C)C(NC(=O)c1cccs1)C(=O)Nc1cc(F)c(I)c(F)c1. The lowest BCUT2D eigenvalue weighted by Gasteiger charge is -2.21. The monoisotopic (exact) mass is 464 g/mol. The molecule has 0 aliphatic heterocycles. The Kier molecular flexibility index (Phi) is 6.27. The van der Waals surface area contributed by atoms with Crippen LogP contribution in [0.5, 0.6) is 0 Å². The maximum Gasteiger partial charge on any atom is 0.262 e. The lowest BCUT2D eigenvalue weighted by Crippen LogP contribution is -2.47. The molecule has 2 rings (SSSR count). The summed E-state index contributed by atoms with van der Waals surface area (Å²) in [5, 5.41) is 6.86. The molecular formula is C16H15F2IN2O2S. The van der Waals surface area contributed by atoms with E-state index >= 15 is 0 Å². The largest absolute Gasteiger partial charge is 0.339 e. The van der Waals surface area contributed by atoms with Crippen molar-refractivity contribution in [1.82, 2.24) is 5.32 Å². The zero-order chi connectivity index (χ0) is 17.9. The number of hydrogen-bond acceptors (Lipinski definition) is 3. The van der Waals surface area contributed by atoms with Crippen LogP contribution in [0.15, 0.2) is 29.6 Å². The molecule has 24 heavy (non-hydrogen) atoms. The van der Waals surface area contributed by atoms with Crippen LogP contribution in [0.3, 0.4) is 0 Å². The highest BCUT2D eigenvalue weighted by molar-refractivity contribution is 14.1. The van der Waals surface area contributed by atoms with Crippen LogP contribution in [0.25, 0.3) is 0 Å². The summed E-state index contributed by atoms with van der Waals surface area (Å²) in [5.74, 6) is -2.61. The molecule has 128 valence electrons. The minimum atomic E-state index is -0.829. The molecule has 2 aromatic rings. The normalized spacial score (nSPS) is 12.1. The van der Waals surface area contributed by atoms with Gasteiger partial charge in [0.15, 0.2) is 0 Å². The van der Waals surface area contributed by atoms with Crippen LogP contribution in [-0.2, 0) is 4.79 Å². The van der Waals surface area contributed by atoms with E-state index in [-0.39, 0.29) is 21.1 Å². The van der Waals surface area contributed by atoms with Crippen molar-refractivity contribution in [3.8, 4) is 0 Å². The van der Waals surface area contributed by atoms with E-state index in [0.29, 0.717) is 4.88 Å². The van der Waals surface area contributed by atoms with Gasteiger partial charge in [-0.1, -0.05) is 19.9 Å². The minimum Gasteiger partial charge on any atom is -0.339 e. The first-order valence-corrected chi connectivity index (χ1v) is 9.05. The van der Waals surface area contributed by atoms with E-state index in [2.05, 4.69) is 10.6 Å². The van der Waals surface area contributed by atoms with Crippen LogP contribution in [0.4, 0.5) is 14.5 Å². The molecule has 1 unspecified atom stereocenters. The topological polar surface area (TPSA) is 58.2 Å². The second-order valence-corrected chi connectivity index (χ2v) is 7.44. The van der Waals surface area contributed by atoms with Crippen molar-refractivity contribution in [2.24, 2.45) is 5.92 Å². The molecule has 4 nitrogen and oxygen atoms in total. The number of carbonyl (C=O) groups excluding carboxylic acids is 2. The van der Waals surface area contributed by atoms with Gasteiger partial charge in [0.2, 0.25) is 5.91 Å². The van der Waals surface area contributed by atoms with Gasteiger partial charge in [-0.3, -0.25) is 9.59 Å². The summed E-state index contributed by atoms with van der Waals surface area (Å²) < 4.78 is 27.0. The fraction of sp³-hybridized carbons (Fsp3) is 0.250. The Bertz CT molecular complexity index is 728. The van der Waals surface area contributed by atoms with Crippen molar-refractivity contribution in [3.05, 3.63) is 49.7 Å². The van der Waals surface area contributed by atoms with Crippen molar-refractivity contribution in [2.75, 3.05) is 5.32 Å². The summed E-state index contributed by atoms with van der Waals surface area (Å²) >= 11 is 2.81. The lowest BCUT2D eigenvalue weighted by molar-refractivity contribution is -0.118. The highest BCUT2D eigenvalue weighted by atomic mass is 127. The quantitative estimate of drug-likeness (QED) is 0.519. The molecule has 0 saturated heterocycles. The number of anilines is 1. The van der Waals surface area contributed by atoms with Gasteiger partial charge >= 0.3 is 0 Å². The van der Waals surface area contributed by atoms with Gasteiger partial charge in [-0.2, -0.15) is 0 Å². The highest BCUT2D eigenvalue weighted by Gasteiger charge is 2.25. The lowest BCUT2D eigenvalue weighted by atomic mass is 10.0. The molecule has 8 heteroatoms. The molecule has 0 bridgehead atoms. The van der Waals surface area contributed by atoms with E-state index in [1.807, 2.05) is 0 Å². The Morgan fingerprint density at radius 1 is 1.21 bits per heavy atom. The molecule has 0 saturated carbocycles. The molecule has 0 fully saturated rings. The molecule has 1 aromatic carbocycles. The summed E-state index contributed by atoms with van der Waals surface area (Å²) in [6.07, 6.45) is 0. The first-order valence-electron chi connectivity index (χ1n) is 7.09. The van der Waals surface area contributed by atoms with Crippen molar-refractivity contribution >= 4 is 51.4 Å². The number of thiophene rings is 1. The number of rotatable bonds is 5. The summed E-state index contributed by atoms with van der Waals surface area (Å²) in [7, 11) is 0. The maximum absolute atomic E-state index is 13.6. The molecule has 2 N–H and O–H groups in total. The Morgan fingerprint density at radius 2 is 1.83 bits per heavy atom. The zero-order valence-corrected chi connectivity index (χ0v) is 15.9. The van der Waals surface area contributed by atoms with Crippen LogP contribution in [0.1, 0.15) is 23.5 Å². The number of halogens is 3. The molecular weight excluding hydrogens is 449 g/mol. The second-order valence-electron chi connectivity index (χ2n) is 5.42. The molecule has 0 aliphatic rings. The predicted molar refractivity (Wildman–Crippen MR) is 98.1 cm³/mol. The third-order valence-electron chi connectivity index (χ3n) is 3.23. The van der Waals surface area contributed by atoms with Gasteiger partial charge in [0.1, 0.15) is 17.7 Å². The van der Waals surface area contributed by atoms with Gasteiger partial charge in [0.25, 0.3) is 5.91 Å². The summed E-state index contributed by atoms with van der Waals surface area (Å²) in [6, 6.07) is 4.65. The minimum absolute atomic E-state index is 0.00596. The van der Waals surface area contributed by atoms with Gasteiger partial charge in [-0.15, -0.1) is 11.3 Å². The number of hydrogen-bond donors (Lipinski definition) is 2. The molecule has 0 aliphatic carbocycles. The Labute approximate surface area is 155 Å². The zero-order valence-electron chi connectivity index (χ0n) is 12.9. The average Bonchev–Trinajstić information content (AvgIpc) is 3.03. The van der Waals surface area contributed by atoms with Crippen LogP contribution in [0.2, 0.25) is 0 Å². The predicted octanol–water partition coefficient (Wildman–Crippen LogP) is 4.02. The summed E-state index contributed by atoms with van der Waals surface area (Å²) in [5.41, 5.74) is 0.00596. The van der Waals surface area contributed by atoms with Gasteiger partial charge in [0.05, 0.1) is 8.45 Å². The van der Waals surface area contributed by atoms with Gasteiger partial charge in [-0.25, -0.2) is 8.78 Å². The third-order valence-corrected chi connectivity index (χ3v) is 5.13. The second kappa shape index (κ2) is 8.02. The van der Waals surface area contributed by atoms with Gasteiger partial charge in [-0.05, 0) is 52.1 Å². The van der Waals surface area contributed by atoms with Crippen LogP contribution < -0.4 is 10.6 Å². The first-order chi connectivity index (χ1) is 11.3. The summed E-state index contributed by atoms with van der Waals surface area (Å²) in [4.78, 5) is 25.0. The molecule has 0 spiro atoms.